The Bertz CT molecular complexity index is 801. The van der Waals surface area contributed by atoms with Crippen LogP contribution < -0.4 is 4.72 Å². The molecule has 0 radical (unpaired) electrons. The molecule has 1 N–H and O–H groups in total. The zero-order chi connectivity index (χ0) is 15.6. The maximum absolute atomic E-state index is 12.4. The number of aromatic nitrogens is 2. The van der Waals surface area contributed by atoms with Gasteiger partial charge in [-0.1, -0.05) is 6.07 Å². The zero-order valence-electron chi connectivity index (χ0n) is 12.0. The molecule has 0 aliphatic heterocycles. The summed E-state index contributed by atoms with van der Waals surface area (Å²) in [6.45, 7) is 5.59. The Kier molecular flexibility index (Phi) is 4.00. The summed E-state index contributed by atoms with van der Waals surface area (Å²) in [5, 5.41) is 13.0. The van der Waals surface area contributed by atoms with Gasteiger partial charge in [-0.15, -0.1) is 0 Å². The highest BCUT2D eigenvalue weighted by Crippen LogP contribution is 2.21. The van der Waals surface area contributed by atoms with Crippen LogP contribution in [-0.4, -0.2) is 18.2 Å². The first kappa shape index (κ1) is 15.1. The third kappa shape index (κ3) is 3.23. The summed E-state index contributed by atoms with van der Waals surface area (Å²) in [5.41, 5.74) is 1.28. The van der Waals surface area contributed by atoms with Gasteiger partial charge in [0.2, 0.25) is 0 Å². The second-order valence-corrected chi connectivity index (χ2v) is 6.65. The normalized spacial score (nSPS) is 11.4. The van der Waals surface area contributed by atoms with Crippen LogP contribution in [0.3, 0.4) is 0 Å². The van der Waals surface area contributed by atoms with Crippen LogP contribution in [0, 0.1) is 18.3 Å². The molecule has 2 aromatic rings. The van der Waals surface area contributed by atoms with Crippen molar-refractivity contribution in [2.24, 2.45) is 0 Å². The fourth-order valence-electron chi connectivity index (χ4n) is 1.84. The lowest BCUT2D eigenvalue weighted by Gasteiger charge is -2.09. The highest BCUT2D eigenvalue weighted by Gasteiger charge is 2.18. The number of benzene rings is 1. The lowest BCUT2D eigenvalue weighted by atomic mass is 10.2. The number of hydrogen-bond acceptors (Lipinski definition) is 4. The topological polar surface area (TPSA) is 87.8 Å². The molecule has 0 amide bonds. The largest absolute Gasteiger partial charge is 0.276 e. The Morgan fingerprint density at radius 3 is 2.67 bits per heavy atom. The summed E-state index contributed by atoms with van der Waals surface area (Å²) in [4.78, 5) is 0.0962. The second kappa shape index (κ2) is 5.58. The summed E-state index contributed by atoms with van der Waals surface area (Å²) in [6.07, 6.45) is 3.09. The molecular formula is C14H16N4O2S. The van der Waals surface area contributed by atoms with Gasteiger partial charge in [0.1, 0.15) is 0 Å². The third-order valence-corrected chi connectivity index (χ3v) is 4.51. The minimum Gasteiger partial charge on any atom is -0.276 e. The molecule has 0 fully saturated rings. The van der Waals surface area contributed by atoms with E-state index in [2.05, 4.69) is 9.82 Å². The van der Waals surface area contributed by atoms with Crippen LogP contribution in [0.25, 0.3) is 0 Å². The van der Waals surface area contributed by atoms with Crippen molar-refractivity contribution in [1.29, 1.82) is 5.26 Å². The molecule has 110 valence electrons. The Morgan fingerprint density at radius 2 is 2.10 bits per heavy atom. The van der Waals surface area contributed by atoms with E-state index in [4.69, 9.17) is 5.26 Å². The number of nitrogens with one attached hydrogen (secondary N) is 1. The predicted octanol–water partition coefficient (Wildman–Crippen LogP) is 2.44. The van der Waals surface area contributed by atoms with E-state index in [9.17, 15) is 8.42 Å². The Labute approximate surface area is 124 Å². The van der Waals surface area contributed by atoms with Crippen molar-refractivity contribution >= 4 is 15.7 Å². The summed E-state index contributed by atoms with van der Waals surface area (Å²) in [6, 6.07) is 6.66. The minimum absolute atomic E-state index is 0.0962. The number of nitriles is 1. The smallest absolute Gasteiger partial charge is 0.262 e. The van der Waals surface area contributed by atoms with Crippen LogP contribution in [0.5, 0.6) is 0 Å². The average molecular weight is 304 g/mol. The molecule has 0 aliphatic rings. The van der Waals surface area contributed by atoms with Crippen molar-refractivity contribution < 1.29 is 8.42 Å². The highest BCUT2D eigenvalue weighted by molar-refractivity contribution is 7.92. The average Bonchev–Trinajstić information content (AvgIpc) is 2.87. The predicted molar refractivity (Wildman–Crippen MR) is 79.3 cm³/mol. The molecule has 7 heteroatoms. The number of hydrogen-bond donors (Lipinski definition) is 1. The van der Waals surface area contributed by atoms with Crippen molar-refractivity contribution in [3.63, 3.8) is 0 Å². The molecule has 2 rings (SSSR count). The van der Waals surface area contributed by atoms with E-state index in [1.54, 1.807) is 29.9 Å². The van der Waals surface area contributed by atoms with Gasteiger partial charge in [-0.2, -0.15) is 10.4 Å². The molecule has 0 saturated heterocycles. The molecule has 0 bridgehead atoms. The van der Waals surface area contributed by atoms with Crippen LogP contribution >= 0.6 is 0 Å². The molecule has 0 unspecified atom stereocenters. The summed E-state index contributed by atoms with van der Waals surface area (Å²) in [5.74, 6) is 0. The molecule has 0 saturated carbocycles. The van der Waals surface area contributed by atoms with Crippen LogP contribution in [-0.2, 0) is 10.0 Å². The molecule has 1 aromatic carbocycles. The van der Waals surface area contributed by atoms with Gasteiger partial charge in [0.15, 0.2) is 0 Å². The van der Waals surface area contributed by atoms with Gasteiger partial charge >= 0.3 is 0 Å². The fraction of sp³-hybridized carbons (Fsp3) is 0.286. The summed E-state index contributed by atoms with van der Waals surface area (Å²) in [7, 11) is -3.74. The number of nitrogens with zero attached hydrogens (tertiary/aromatic N) is 3. The van der Waals surface area contributed by atoms with E-state index in [0.29, 0.717) is 16.8 Å². The zero-order valence-corrected chi connectivity index (χ0v) is 12.8. The van der Waals surface area contributed by atoms with E-state index < -0.39 is 10.0 Å². The van der Waals surface area contributed by atoms with Gasteiger partial charge in [0, 0.05) is 12.2 Å². The standard InChI is InChI=1S/C14H16N4O2S/c1-10(2)18-9-13(8-16-18)17-21(19,20)14-6-12(7-15)5-4-11(14)3/h4-6,8-10,17H,1-3H3. The van der Waals surface area contributed by atoms with Gasteiger partial charge in [-0.25, -0.2) is 8.42 Å². The Morgan fingerprint density at radius 1 is 1.38 bits per heavy atom. The molecule has 21 heavy (non-hydrogen) atoms. The summed E-state index contributed by atoms with van der Waals surface area (Å²) < 4.78 is 29.0. The van der Waals surface area contributed by atoms with Gasteiger partial charge in [0.05, 0.1) is 28.4 Å². The highest BCUT2D eigenvalue weighted by atomic mass is 32.2. The van der Waals surface area contributed by atoms with E-state index >= 15 is 0 Å². The monoisotopic (exact) mass is 304 g/mol. The maximum Gasteiger partial charge on any atom is 0.262 e. The van der Waals surface area contributed by atoms with Gasteiger partial charge in [-0.05, 0) is 38.5 Å². The van der Waals surface area contributed by atoms with E-state index in [0.717, 1.165) is 0 Å². The van der Waals surface area contributed by atoms with Crippen LogP contribution in [0.2, 0.25) is 0 Å². The molecule has 0 spiro atoms. The SMILES string of the molecule is Cc1ccc(C#N)cc1S(=O)(=O)Nc1cnn(C(C)C)c1. The van der Waals surface area contributed by atoms with Crippen molar-refractivity contribution in [3.05, 3.63) is 41.7 Å². The van der Waals surface area contributed by atoms with Crippen LogP contribution in [0.15, 0.2) is 35.5 Å². The lowest BCUT2D eigenvalue weighted by Crippen LogP contribution is -2.14. The van der Waals surface area contributed by atoms with E-state index in [1.807, 2.05) is 19.9 Å². The fourth-order valence-corrected chi connectivity index (χ4v) is 3.14. The molecule has 1 heterocycles. The van der Waals surface area contributed by atoms with E-state index in [-0.39, 0.29) is 10.9 Å². The van der Waals surface area contributed by atoms with Crippen molar-refractivity contribution in [3.8, 4) is 6.07 Å². The van der Waals surface area contributed by atoms with E-state index in [1.165, 1.54) is 12.3 Å². The summed E-state index contributed by atoms with van der Waals surface area (Å²) >= 11 is 0. The lowest BCUT2D eigenvalue weighted by molar-refractivity contribution is 0.532. The quantitative estimate of drug-likeness (QED) is 0.939. The number of sulfonamides is 1. The Hall–Kier alpha value is -2.33. The van der Waals surface area contributed by atoms with Crippen molar-refractivity contribution in [2.75, 3.05) is 4.72 Å². The minimum atomic E-state index is -3.74. The third-order valence-electron chi connectivity index (χ3n) is 2.99. The van der Waals surface area contributed by atoms with Crippen LogP contribution in [0.4, 0.5) is 5.69 Å². The first-order valence-electron chi connectivity index (χ1n) is 6.41. The van der Waals surface area contributed by atoms with Gasteiger partial charge < -0.3 is 0 Å². The molecule has 0 atom stereocenters. The van der Waals surface area contributed by atoms with Crippen LogP contribution in [0.1, 0.15) is 31.0 Å². The maximum atomic E-state index is 12.4. The number of rotatable bonds is 4. The Balaban J connectivity index is 2.36. The molecule has 1 aromatic heterocycles. The van der Waals surface area contributed by atoms with Gasteiger partial charge in [-0.3, -0.25) is 9.40 Å². The van der Waals surface area contributed by atoms with Gasteiger partial charge in [0.25, 0.3) is 10.0 Å². The molecule has 6 nitrogen and oxygen atoms in total. The number of aryl methyl sites for hydroxylation is 1. The first-order chi connectivity index (χ1) is 9.83. The second-order valence-electron chi connectivity index (χ2n) is 5.00. The van der Waals surface area contributed by atoms with Crippen molar-refractivity contribution in [1.82, 2.24) is 9.78 Å². The van der Waals surface area contributed by atoms with Crippen molar-refractivity contribution in [2.45, 2.75) is 31.7 Å². The number of anilines is 1. The molecular weight excluding hydrogens is 288 g/mol. The first-order valence-corrected chi connectivity index (χ1v) is 7.89. The molecule has 0 aliphatic carbocycles.